The van der Waals surface area contributed by atoms with Crippen molar-refractivity contribution in [3.63, 3.8) is 0 Å². The molecule has 1 aromatic carbocycles. The SMILES string of the molecule is C[Si](C)(C)CSc1c(C(N)=O)ccc(Br)c1Cl. The predicted octanol–water partition coefficient (Wildman–Crippen LogP) is 4.17. The van der Waals surface area contributed by atoms with Gasteiger partial charge in [-0.2, -0.15) is 0 Å². The molecule has 0 fully saturated rings. The second kappa shape index (κ2) is 5.78. The predicted molar refractivity (Wildman–Crippen MR) is 81.7 cm³/mol. The maximum absolute atomic E-state index is 11.4. The summed E-state index contributed by atoms with van der Waals surface area (Å²) in [4.78, 5) is 12.1. The van der Waals surface area contributed by atoms with E-state index in [-0.39, 0.29) is 0 Å². The maximum atomic E-state index is 11.4. The van der Waals surface area contributed by atoms with Crippen LogP contribution in [0.1, 0.15) is 10.4 Å². The molecule has 17 heavy (non-hydrogen) atoms. The molecule has 0 bridgehead atoms. The minimum absolute atomic E-state index is 0.433. The first-order valence-corrected chi connectivity index (χ1v) is 11.0. The van der Waals surface area contributed by atoms with Gasteiger partial charge in [-0.3, -0.25) is 4.79 Å². The highest BCUT2D eigenvalue weighted by atomic mass is 79.9. The Bertz CT molecular complexity index is 448. The van der Waals surface area contributed by atoms with E-state index in [1.807, 2.05) is 0 Å². The van der Waals surface area contributed by atoms with Crippen LogP contribution in [0.3, 0.4) is 0 Å². The number of hydrogen-bond acceptors (Lipinski definition) is 2. The first kappa shape index (κ1) is 15.1. The molecule has 1 amide bonds. The molecule has 6 heteroatoms. The number of thioether (sulfide) groups is 1. The van der Waals surface area contributed by atoms with Crippen molar-refractivity contribution < 1.29 is 4.79 Å². The van der Waals surface area contributed by atoms with E-state index in [4.69, 9.17) is 17.3 Å². The van der Waals surface area contributed by atoms with Gasteiger partial charge in [-0.25, -0.2) is 0 Å². The van der Waals surface area contributed by atoms with E-state index >= 15 is 0 Å². The summed E-state index contributed by atoms with van der Waals surface area (Å²) < 4.78 is 0.794. The molecule has 0 aliphatic rings. The molecule has 0 heterocycles. The molecule has 0 saturated heterocycles. The fourth-order valence-corrected chi connectivity index (χ4v) is 4.82. The van der Waals surface area contributed by atoms with E-state index in [2.05, 4.69) is 35.6 Å². The number of halogens is 2. The van der Waals surface area contributed by atoms with Crippen molar-refractivity contribution in [3.05, 3.63) is 27.2 Å². The van der Waals surface area contributed by atoms with Crippen molar-refractivity contribution >= 4 is 53.3 Å². The number of carbonyl (C=O) groups excluding carboxylic acids is 1. The van der Waals surface area contributed by atoms with Crippen molar-refractivity contribution in [2.45, 2.75) is 24.5 Å². The zero-order chi connectivity index (χ0) is 13.2. The summed E-state index contributed by atoms with van der Waals surface area (Å²) in [5, 5.41) is 1.58. The summed E-state index contributed by atoms with van der Waals surface area (Å²) in [5.41, 5.74) is 5.86. The van der Waals surface area contributed by atoms with E-state index in [9.17, 15) is 4.79 Å². The zero-order valence-corrected chi connectivity index (χ0v) is 14.2. The Balaban J connectivity index is 3.11. The molecule has 0 aliphatic heterocycles. The third-order valence-electron chi connectivity index (χ3n) is 1.96. The lowest BCUT2D eigenvalue weighted by atomic mass is 10.2. The normalized spacial score (nSPS) is 11.6. The largest absolute Gasteiger partial charge is 0.366 e. The zero-order valence-electron chi connectivity index (χ0n) is 10.0. The number of carbonyl (C=O) groups is 1. The van der Waals surface area contributed by atoms with E-state index in [0.29, 0.717) is 10.6 Å². The van der Waals surface area contributed by atoms with Crippen LogP contribution >= 0.6 is 39.3 Å². The summed E-state index contributed by atoms with van der Waals surface area (Å²) in [6, 6.07) is 3.46. The quantitative estimate of drug-likeness (QED) is 0.653. The lowest BCUT2D eigenvalue weighted by Crippen LogP contribution is -2.24. The average molecular weight is 353 g/mol. The molecule has 0 spiro atoms. The molecule has 2 N–H and O–H groups in total. The van der Waals surface area contributed by atoms with Gasteiger partial charge >= 0.3 is 0 Å². The summed E-state index contributed by atoms with van der Waals surface area (Å²) in [7, 11) is -1.20. The number of nitrogens with two attached hydrogens (primary N) is 1. The minimum atomic E-state index is -1.20. The van der Waals surface area contributed by atoms with Crippen molar-refractivity contribution in [2.75, 3.05) is 5.38 Å². The topological polar surface area (TPSA) is 43.1 Å². The highest BCUT2D eigenvalue weighted by molar-refractivity contribution is 9.10. The molecule has 0 unspecified atom stereocenters. The minimum Gasteiger partial charge on any atom is -0.366 e. The molecular weight excluding hydrogens is 338 g/mol. The summed E-state index contributed by atoms with van der Waals surface area (Å²) >= 11 is 11.2. The second-order valence-electron chi connectivity index (χ2n) is 4.95. The van der Waals surface area contributed by atoms with Gasteiger partial charge < -0.3 is 5.73 Å². The third-order valence-corrected chi connectivity index (χ3v) is 8.11. The molecule has 0 radical (unpaired) electrons. The first-order chi connectivity index (χ1) is 7.72. The molecule has 1 rings (SSSR count). The summed E-state index contributed by atoms with van der Waals surface area (Å²) in [6.45, 7) is 6.82. The van der Waals surface area contributed by atoms with Gasteiger partial charge in [-0.1, -0.05) is 31.2 Å². The van der Waals surface area contributed by atoms with E-state index in [1.165, 1.54) is 0 Å². The van der Waals surface area contributed by atoms with Gasteiger partial charge in [0.25, 0.3) is 0 Å². The van der Waals surface area contributed by atoms with Crippen molar-refractivity contribution in [1.82, 2.24) is 0 Å². The highest BCUT2D eigenvalue weighted by Crippen LogP contribution is 2.37. The number of rotatable bonds is 4. The molecule has 94 valence electrons. The molecule has 0 aliphatic carbocycles. The van der Waals surface area contributed by atoms with Gasteiger partial charge in [0, 0.05) is 9.37 Å². The monoisotopic (exact) mass is 351 g/mol. The lowest BCUT2D eigenvalue weighted by molar-refractivity contribution is 0.0997. The molecule has 2 nitrogen and oxygen atoms in total. The number of benzene rings is 1. The Morgan fingerprint density at radius 1 is 1.47 bits per heavy atom. The highest BCUT2D eigenvalue weighted by Gasteiger charge is 2.19. The Morgan fingerprint density at radius 2 is 2.06 bits per heavy atom. The van der Waals surface area contributed by atoms with Crippen LogP contribution < -0.4 is 5.73 Å². The lowest BCUT2D eigenvalue weighted by Gasteiger charge is -2.17. The van der Waals surface area contributed by atoms with Gasteiger partial charge in [0.15, 0.2) is 0 Å². The van der Waals surface area contributed by atoms with Crippen LogP contribution in [0, 0.1) is 0 Å². The van der Waals surface area contributed by atoms with Crippen molar-refractivity contribution in [3.8, 4) is 0 Å². The van der Waals surface area contributed by atoms with Crippen LogP contribution in [0.25, 0.3) is 0 Å². The second-order valence-corrected chi connectivity index (χ2v) is 13.2. The Morgan fingerprint density at radius 3 is 2.53 bits per heavy atom. The fourth-order valence-electron chi connectivity index (χ4n) is 1.16. The molecule has 0 aromatic heterocycles. The Hall–Kier alpha value is 0.0269. The van der Waals surface area contributed by atoms with Crippen molar-refractivity contribution in [1.29, 1.82) is 0 Å². The fraction of sp³-hybridized carbons (Fsp3) is 0.364. The van der Waals surface area contributed by atoms with Crippen LogP contribution in [-0.4, -0.2) is 19.4 Å². The number of primary amides is 1. The van der Waals surface area contributed by atoms with Gasteiger partial charge in [0.05, 0.1) is 18.7 Å². The maximum Gasteiger partial charge on any atom is 0.249 e. The number of amides is 1. The number of hydrogen-bond donors (Lipinski definition) is 1. The van der Waals surface area contributed by atoms with Crippen LogP contribution in [0.2, 0.25) is 24.7 Å². The molecule has 0 saturated carbocycles. The van der Waals surface area contributed by atoms with Gasteiger partial charge in [-0.05, 0) is 33.4 Å². The summed E-state index contributed by atoms with van der Waals surface area (Å²) in [5.74, 6) is -0.433. The van der Waals surface area contributed by atoms with Crippen LogP contribution in [-0.2, 0) is 0 Å². The Labute approximate surface area is 120 Å². The smallest absolute Gasteiger partial charge is 0.249 e. The van der Waals surface area contributed by atoms with E-state index < -0.39 is 14.0 Å². The van der Waals surface area contributed by atoms with E-state index in [0.717, 1.165) is 14.7 Å². The van der Waals surface area contributed by atoms with Gasteiger partial charge in [-0.15, -0.1) is 11.8 Å². The summed E-state index contributed by atoms with van der Waals surface area (Å²) in [6.07, 6.45) is 0. The van der Waals surface area contributed by atoms with E-state index in [1.54, 1.807) is 23.9 Å². The van der Waals surface area contributed by atoms with Crippen LogP contribution in [0.4, 0.5) is 0 Å². The first-order valence-electron chi connectivity index (χ1n) is 5.13. The van der Waals surface area contributed by atoms with Gasteiger partial charge in [0.1, 0.15) is 0 Å². The third kappa shape index (κ3) is 4.32. The molecule has 1 aromatic rings. The standard InChI is InChI=1S/C11H15BrClNOSSi/c1-17(2,3)6-16-10-7(11(14)15)4-5-8(12)9(10)13/h4-5H,6H2,1-3H3,(H2,14,15). The molecule has 0 atom stereocenters. The van der Waals surface area contributed by atoms with Gasteiger partial charge in [0.2, 0.25) is 5.91 Å². The average Bonchev–Trinajstić information content (AvgIpc) is 2.18. The van der Waals surface area contributed by atoms with Crippen LogP contribution in [0.15, 0.2) is 21.5 Å². The van der Waals surface area contributed by atoms with Crippen molar-refractivity contribution in [2.24, 2.45) is 5.73 Å². The Kier molecular flexibility index (Phi) is 5.13. The van der Waals surface area contributed by atoms with Crippen LogP contribution in [0.5, 0.6) is 0 Å². The molecular formula is C11H15BrClNOSSi.